The number of hydrogen-bond acceptors (Lipinski definition) is 2. The number of aryl methyl sites for hydroxylation is 1. The van der Waals surface area contributed by atoms with Gasteiger partial charge in [0, 0.05) is 17.3 Å². The number of carbonyl (C=O) groups excluding carboxylic acids is 1. The van der Waals surface area contributed by atoms with Gasteiger partial charge >= 0.3 is 6.03 Å². The van der Waals surface area contributed by atoms with Crippen LogP contribution in [0.2, 0.25) is 0 Å². The van der Waals surface area contributed by atoms with Crippen LogP contribution < -0.4 is 10.6 Å². The van der Waals surface area contributed by atoms with E-state index in [2.05, 4.69) is 31.4 Å². The molecule has 0 saturated heterocycles. The van der Waals surface area contributed by atoms with Crippen LogP contribution >= 0.6 is 0 Å². The largest absolute Gasteiger partial charge is 0.324 e. The lowest BCUT2D eigenvalue weighted by Gasteiger charge is -2.22. The fraction of sp³-hybridized carbons (Fsp3) is 0.238. The Hall–Kier alpha value is -3.08. The average Bonchev–Trinajstić information content (AvgIpc) is 2.99. The Morgan fingerprint density at radius 2 is 1.69 bits per heavy atom. The van der Waals surface area contributed by atoms with Crippen LogP contribution in [-0.4, -0.2) is 15.8 Å². The molecule has 2 N–H and O–H groups in total. The quantitative estimate of drug-likeness (QED) is 0.678. The Kier molecular flexibility index (Phi) is 4.80. The number of rotatable bonds is 3. The summed E-state index contributed by atoms with van der Waals surface area (Å²) in [6, 6.07) is 19.2. The molecule has 0 fully saturated rings. The Balaban J connectivity index is 1.86. The zero-order valence-corrected chi connectivity index (χ0v) is 15.6. The van der Waals surface area contributed by atoms with Gasteiger partial charge in [0.05, 0.1) is 11.2 Å². The van der Waals surface area contributed by atoms with Crippen LogP contribution in [0, 0.1) is 6.92 Å². The first-order chi connectivity index (χ1) is 12.3. The van der Waals surface area contributed by atoms with Crippen molar-refractivity contribution in [2.24, 2.45) is 0 Å². The maximum Gasteiger partial charge on any atom is 0.324 e. The molecule has 5 heteroatoms. The highest BCUT2D eigenvalue weighted by Crippen LogP contribution is 2.27. The molecular formula is C21H24N4O. The van der Waals surface area contributed by atoms with Gasteiger partial charge in [-0.25, -0.2) is 9.48 Å². The van der Waals surface area contributed by atoms with E-state index in [1.807, 2.05) is 72.3 Å². The lowest BCUT2D eigenvalue weighted by Crippen LogP contribution is -2.28. The molecule has 0 aliphatic heterocycles. The molecule has 0 atom stereocenters. The molecule has 26 heavy (non-hydrogen) atoms. The molecule has 1 heterocycles. The lowest BCUT2D eigenvalue weighted by molar-refractivity contribution is 0.261. The molecule has 134 valence electrons. The van der Waals surface area contributed by atoms with Gasteiger partial charge in [-0.05, 0) is 45.4 Å². The first kappa shape index (κ1) is 17.7. The van der Waals surface area contributed by atoms with Crippen LogP contribution in [0.15, 0.2) is 60.7 Å². The third-order valence-electron chi connectivity index (χ3n) is 3.93. The molecule has 0 aliphatic carbocycles. The minimum atomic E-state index is -0.291. The average molecular weight is 348 g/mol. The van der Waals surface area contributed by atoms with Gasteiger partial charge < -0.3 is 5.32 Å². The molecule has 5 nitrogen and oxygen atoms in total. The predicted molar refractivity (Wildman–Crippen MR) is 106 cm³/mol. The number of carbonyl (C=O) groups is 1. The standard InChI is InChI=1S/C21H24N4O/c1-15-9-8-12-17(13-15)22-20(26)23-19-14-18(16-10-6-5-7-11-16)24-25(19)21(2,3)4/h5-14H,1-4H3,(H2,22,23,26). The van der Waals surface area contributed by atoms with Crippen LogP contribution in [0.1, 0.15) is 26.3 Å². The molecule has 0 spiro atoms. The van der Waals surface area contributed by atoms with Crippen molar-refractivity contribution in [2.75, 3.05) is 10.6 Å². The van der Waals surface area contributed by atoms with Gasteiger partial charge in [-0.2, -0.15) is 5.10 Å². The summed E-state index contributed by atoms with van der Waals surface area (Å²) in [6.07, 6.45) is 0. The summed E-state index contributed by atoms with van der Waals surface area (Å²) in [4.78, 5) is 12.5. The normalized spacial score (nSPS) is 11.2. The summed E-state index contributed by atoms with van der Waals surface area (Å²) < 4.78 is 1.84. The van der Waals surface area contributed by atoms with Crippen LogP contribution in [0.5, 0.6) is 0 Å². The second-order valence-corrected chi connectivity index (χ2v) is 7.31. The Morgan fingerprint density at radius 3 is 2.35 bits per heavy atom. The van der Waals surface area contributed by atoms with E-state index in [4.69, 9.17) is 5.10 Å². The number of nitrogens with zero attached hydrogens (tertiary/aromatic N) is 2. The fourth-order valence-corrected chi connectivity index (χ4v) is 2.73. The van der Waals surface area contributed by atoms with Crippen LogP contribution in [0.25, 0.3) is 11.3 Å². The van der Waals surface area contributed by atoms with Crippen molar-refractivity contribution in [2.45, 2.75) is 33.2 Å². The van der Waals surface area contributed by atoms with Crippen molar-refractivity contribution in [3.8, 4) is 11.3 Å². The number of benzene rings is 2. The summed E-state index contributed by atoms with van der Waals surface area (Å²) in [5.74, 6) is 0.654. The maximum absolute atomic E-state index is 12.5. The van der Waals surface area contributed by atoms with E-state index < -0.39 is 0 Å². The van der Waals surface area contributed by atoms with Gasteiger partial charge in [0.2, 0.25) is 0 Å². The summed E-state index contributed by atoms with van der Waals surface area (Å²) in [5.41, 5.74) is 3.42. The molecule has 2 amide bonds. The van der Waals surface area contributed by atoms with E-state index in [1.165, 1.54) is 0 Å². The zero-order chi connectivity index (χ0) is 18.7. The van der Waals surface area contributed by atoms with E-state index in [1.54, 1.807) is 0 Å². The Bertz CT molecular complexity index is 907. The molecule has 2 aromatic carbocycles. The second-order valence-electron chi connectivity index (χ2n) is 7.31. The number of nitrogens with one attached hydrogen (secondary N) is 2. The minimum Gasteiger partial charge on any atom is -0.308 e. The summed E-state index contributed by atoms with van der Waals surface area (Å²) in [6.45, 7) is 8.15. The predicted octanol–water partition coefficient (Wildman–Crippen LogP) is 5.26. The van der Waals surface area contributed by atoms with Crippen molar-refractivity contribution in [1.29, 1.82) is 0 Å². The van der Waals surface area contributed by atoms with E-state index >= 15 is 0 Å². The molecule has 3 rings (SSSR count). The van der Waals surface area contributed by atoms with E-state index in [9.17, 15) is 4.79 Å². The Labute approximate surface area is 154 Å². The van der Waals surface area contributed by atoms with Gasteiger partial charge in [0.25, 0.3) is 0 Å². The fourth-order valence-electron chi connectivity index (χ4n) is 2.73. The number of aromatic nitrogens is 2. The van der Waals surface area contributed by atoms with Gasteiger partial charge in [-0.15, -0.1) is 0 Å². The van der Waals surface area contributed by atoms with Crippen molar-refractivity contribution in [1.82, 2.24) is 9.78 Å². The highest BCUT2D eigenvalue weighted by molar-refractivity contribution is 5.99. The first-order valence-electron chi connectivity index (χ1n) is 8.63. The van der Waals surface area contributed by atoms with Crippen LogP contribution in [0.4, 0.5) is 16.3 Å². The third kappa shape index (κ3) is 4.11. The highest BCUT2D eigenvalue weighted by atomic mass is 16.2. The number of hydrogen-bond donors (Lipinski definition) is 2. The van der Waals surface area contributed by atoms with Crippen molar-refractivity contribution >= 4 is 17.5 Å². The molecule has 1 aromatic heterocycles. The topological polar surface area (TPSA) is 59.0 Å². The molecule has 0 aliphatic rings. The highest BCUT2D eigenvalue weighted by Gasteiger charge is 2.21. The SMILES string of the molecule is Cc1cccc(NC(=O)Nc2cc(-c3ccccc3)nn2C(C)(C)C)c1. The first-order valence-corrected chi connectivity index (χ1v) is 8.63. The van der Waals surface area contributed by atoms with Gasteiger partial charge in [-0.3, -0.25) is 5.32 Å². The molecule has 0 unspecified atom stereocenters. The second kappa shape index (κ2) is 7.04. The number of urea groups is 1. The van der Waals surface area contributed by atoms with E-state index in [0.717, 1.165) is 22.5 Å². The van der Waals surface area contributed by atoms with E-state index in [0.29, 0.717) is 5.82 Å². The molecule has 0 radical (unpaired) electrons. The third-order valence-corrected chi connectivity index (χ3v) is 3.93. The van der Waals surface area contributed by atoms with Crippen LogP contribution in [0.3, 0.4) is 0 Å². The molecular weight excluding hydrogens is 324 g/mol. The maximum atomic E-state index is 12.5. The van der Waals surface area contributed by atoms with Gasteiger partial charge in [0.15, 0.2) is 0 Å². The monoisotopic (exact) mass is 348 g/mol. The number of anilines is 2. The van der Waals surface area contributed by atoms with Crippen molar-refractivity contribution < 1.29 is 4.79 Å². The van der Waals surface area contributed by atoms with Gasteiger partial charge in [0.1, 0.15) is 5.82 Å². The van der Waals surface area contributed by atoms with Gasteiger partial charge in [-0.1, -0.05) is 42.5 Å². The molecule has 0 bridgehead atoms. The summed E-state index contributed by atoms with van der Waals surface area (Å²) in [5, 5.41) is 10.5. The summed E-state index contributed by atoms with van der Waals surface area (Å²) >= 11 is 0. The number of amides is 2. The minimum absolute atomic E-state index is 0.265. The van der Waals surface area contributed by atoms with Crippen molar-refractivity contribution in [3.63, 3.8) is 0 Å². The zero-order valence-electron chi connectivity index (χ0n) is 15.6. The smallest absolute Gasteiger partial charge is 0.308 e. The van der Waals surface area contributed by atoms with Crippen molar-refractivity contribution in [3.05, 3.63) is 66.2 Å². The summed E-state index contributed by atoms with van der Waals surface area (Å²) in [7, 11) is 0. The molecule has 0 saturated carbocycles. The van der Waals surface area contributed by atoms with E-state index in [-0.39, 0.29) is 11.6 Å². The molecule has 3 aromatic rings. The lowest BCUT2D eigenvalue weighted by atomic mass is 10.1. The van der Waals surface area contributed by atoms with Crippen LogP contribution in [-0.2, 0) is 5.54 Å². The Morgan fingerprint density at radius 1 is 0.962 bits per heavy atom.